The number of hydrogen-bond donors (Lipinski definition) is 2. The van der Waals surface area contributed by atoms with Crippen LogP contribution in [0.3, 0.4) is 0 Å². The van der Waals surface area contributed by atoms with Crippen molar-refractivity contribution in [3.8, 4) is 0 Å². The van der Waals surface area contributed by atoms with Crippen LogP contribution in [0, 0.1) is 0 Å². The second-order valence-electron chi connectivity index (χ2n) is 10.6. The highest BCUT2D eigenvalue weighted by Gasteiger charge is 2.09. The van der Waals surface area contributed by atoms with Gasteiger partial charge in [0.15, 0.2) is 0 Å². The molecule has 0 fully saturated rings. The molecule has 0 atom stereocenters. The lowest BCUT2D eigenvalue weighted by Gasteiger charge is -2.04. The lowest BCUT2D eigenvalue weighted by atomic mass is 10.0. The second kappa shape index (κ2) is 32.3. The zero-order valence-electron chi connectivity index (χ0n) is 25.6. The fourth-order valence-corrected chi connectivity index (χ4v) is 4.17. The first kappa shape index (κ1) is 39.2. The predicted octanol–water partition coefficient (Wildman–Crippen LogP) is 10.7. The van der Waals surface area contributed by atoms with E-state index in [1.54, 1.807) is 0 Å². The smallest absolute Gasteiger partial charge is 0.255 e. The van der Waals surface area contributed by atoms with Crippen LogP contribution in [0.4, 0.5) is 0 Å². The SMILES string of the molecule is CC(C)c1ccccc1.CCCCCCCCCCCC(=O)OOC(=O)CCCCCCCCCCC.OO. The van der Waals surface area contributed by atoms with E-state index in [9.17, 15) is 9.59 Å². The van der Waals surface area contributed by atoms with Crippen molar-refractivity contribution < 1.29 is 29.9 Å². The van der Waals surface area contributed by atoms with Crippen molar-refractivity contribution in [2.75, 3.05) is 0 Å². The molecule has 39 heavy (non-hydrogen) atoms. The van der Waals surface area contributed by atoms with E-state index >= 15 is 0 Å². The van der Waals surface area contributed by atoms with Crippen molar-refractivity contribution in [1.29, 1.82) is 0 Å². The highest BCUT2D eigenvalue weighted by atomic mass is 17.2. The lowest BCUT2D eigenvalue weighted by molar-refractivity contribution is -0.259. The number of carbonyl (C=O) groups is 2. The molecule has 6 heteroatoms. The largest absolute Gasteiger partial charge is 0.355 e. The first-order valence-electron chi connectivity index (χ1n) is 15.7. The second-order valence-corrected chi connectivity index (χ2v) is 10.6. The third-order valence-corrected chi connectivity index (χ3v) is 6.66. The summed E-state index contributed by atoms with van der Waals surface area (Å²) in [6, 6.07) is 10.5. The quantitative estimate of drug-likeness (QED) is 0.0895. The Morgan fingerprint density at radius 1 is 0.564 bits per heavy atom. The molecule has 0 saturated heterocycles. The summed E-state index contributed by atoms with van der Waals surface area (Å²) >= 11 is 0. The number of hydrogen-bond acceptors (Lipinski definition) is 6. The van der Waals surface area contributed by atoms with Crippen molar-refractivity contribution in [3.05, 3.63) is 35.9 Å². The van der Waals surface area contributed by atoms with Crippen LogP contribution in [0.2, 0.25) is 0 Å². The zero-order chi connectivity index (χ0) is 29.4. The molecule has 0 spiro atoms. The van der Waals surface area contributed by atoms with Gasteiger partial charge in [-0.3, -0.25) is 10.5 Å². The monoisotopic (exact) mass is 552 g/mol. The Bertz CT molecular complexity index is 598. The van der Waals surface area contributed by atoms with Gasteiger partial charge >= 0.3 is 11.9 Å². The molecule has 0 aliphatic heterocycles. The van der Waals surface area contributed by atoms with Crippen molar-refractivity contribution >= 4 is 11.9 Å². The van der Waals surface area contributed by atoms with Crippen molar-refractivity contribution in [2.45, 2.75) is 162 Å². The van der Waals surface area contributed by atoms with Crippen molar-refractivity contribution in [2.24, 2.45) is 0 Å². The van der Waals surface area contributed by atoms with Crippen molar-refractivity contribution in [1.82, 2.24) is 0 Å². The minimum Gasteiger partial charge on any atom is -0.255 e. The third kappa shape index (κ3) is 30.5. The zero-order valence-corrected chi connectivity index (χ0v) is 25.6. The Morgan fingerprint density at radius 3 is 1.15 bits per heavy atom. The van der Waals surface area contributed by atoms with Crippen LogP contribution in [0.25, 0.3) is 0 Å². The summed E-state index contributed by atoms with van der Waals surface area (Å²) in [4.78, 5) is 32.4. The molecule has 1 aromatic rings. The molecule has 0 radical (unpaired) electrons. The highest BCUT2D eigenvalue weighted by molar-refractivity contribution is 5.72. The normalized spacial score (nSPS) is 10.2. The molecule has 1 rings (SSSR count). The summed E-state index contributed by atoms with van der Waals surface area (Å²) in [5.41, 5.74) is 1.41. The van der Waals surface area contributed by atoms with E-state index in [-0.39, 0.29) is 0 Å². The van der Waals surface area contributed by atoms with Crippen LogP contribution in [0.1, 0.15) is 168 Å². The maximum absolute atomic E-state index is 11.6. The molecule has 0 saturated carbocycles. The molecule has 2 N–H and O–H groups in total. The lowest BCUT2D eigenvalue weighted by Crippen LogP contribution is -2.11. The van der Waals surface area contributed by atoms with Crippen LogP contribution in [-0.2, 0) is 19.4 Å². The fraction of sp³-hybridized carbons (Fsp3) is 0.758. The van der Waals surface area contributed by atoms with E-state index in [1.165, 1.54) is 82.6 Å². The molecule has 6 nitrogen and oxygen atoms in total. The Balaban J connectivity index is 0. The Hall–Kier alpha value is -1.92. The van der Waals surface area contributed by atoms with Gasteiger partial charge in [-0.15, -0.1) is 0 Å². The van der Waals surface area contributed by atoms with Crippen LogP contribution >= 0.6 is 0 Å². The Labute approximate surface area is 239 Å². The topological polar surface area (TPSA) is 93.1 Å². The molecule has 1 aromatic carbocycles. The Kier molecular flexibility index (Phi) is 32.5. The minimum absolute atomic E-state index is 0.334. The summed E-state index contributed by atoms with van der Waals surface area (Å²) < 4.78 is 0. The van der Waals surface area contributed by atoms with E-state index in [2.05, 4.69) is 61.7 Å². The number of unbranched alkanes of at least 4 members (excludes halogenated alkanes) is 16. The van der Waals surface area contributed by atoms with Crippen LogP contribution < -0.4 is 0 Å². The predicted molar refractivity (Wildman–Crippen MR) is 162 cm³/mol. The summed E-state index contributed by atoms with van der Waals surface area (Å²) in [5, 5.41) is 12.0. The van der Waals surface area contributed by atoms with Crippen LogP contribution in [0.5, 0.6) is 0 Å². The highest BCUT2D eigenvalue weighted by Crippen LogP contribution is 2.13. The summed E-state index contributed by atoms with van der Waals surface area (Å²) in [5.74, 6) is -0.196. The average molecular weight is 553 g/mol. The molecule has 228 valence electrons. The maximum Gasteiger partial charge on any atom is 0.355 e. The molecular weight excluding hydrogens is 492 g/mol. The maximum atomic E-state index is 11.6. The molecular formula is C33H60O6. The van der Waals surface area contributed by atoms with Gasteiger partial charge in [0.25, 0.3) is 0 Å². The van der Waals surface area contributed by atoms with Gasteiger partial charge in [-0.25, -0.2) is 19.4 Å². The molecule has 0 amide bonds. The first-order chi connectivity index (χ1) is 19.0. The van der Waals surface area contributed by atoms with Gasteiger partial charge in [0.2, 0.25) is 0 Å². The molecule has 0 heterocycles. The van der Waals surface area contributed by atoms with Gasteiger partial charge in [0, 0.05) is 0 Å². The van der Waals surface area contributed by atoms with E-state index in [0.717, 1.165) is 38.5 Å². The number of rotatable bonds is 21. The van der Waals surface area contributed by atoms with Crippen molar-refractivity contribution in [3.63, 3.8) is 0 Å². The fourth-order valence-electron chi connectivity index (χ4n) is 4.17. The Morgan fingerprint density at radius 2 is 0.872 bits per heavy atom. The van der Waals surface area contributed by atoms with Gasteiger partial charge in [-0.1, -0.05) is 161 Å². The third-order valence-electron chi connectivity index (χ3n) is 6.66. The van der Waals surface area contributed by atoms with Gasteiger partial charge < -0.3 is 0 Å². The van der Waals surface area contributed by atoms with E-state index in [0.29, 0.717) is 18.8 Å². The number of benzene rings is 1. The van der Waals surface area contributed by atoms with Crippen LogP contribution in [0.15, 0.2) is 30.3 Å². The molecule has 0 aliphatic carbocycles. The molecule has 0 unspecified atom stereocenters. The summed E-state index contributed by atoms with van der Waals surface area (Å²) in [6.07, 6.45) is 22.3. The summed E-state index contributed by atoms with van der Waals surface area (Å²) in [6.45, 7) is 8.87. The average Bonchev–Trinajstić information content (AvgIpc) is 2.96. The van der Waals surface area contributed by atoms with Gasteiger partial charge in [-0.2, -0.15) is 0 Å². The minimum atomic E-state index is -0.427. The van der Waals surface area contributed by atoms with Crippen LogP contribution in [-0.4, -0.2) is 22.5 Å². The first-order valence-corrected chi connectivity index (χ1v) is 15.7. The number of carbonyl (C=O) groups excluding carboxylic acids is 2. The van der Waals surface area contributed by atoms with E-state index < -0.39 is 11.9 Å². The molecule has 0 aromatic heterocycles. The molecule has 0 aliphatic rings. The van der Waals surface area contributed by atoms with Gasteiger partial charge in [0.05, 0.1) is 12.8 Å². The van der Waals surface area contributed by atoms with Gasteiger partial charge in [-0.05, 0) is 24.3 Å². The standard InChI is InChI=1S/C24H46O4.C9H12.H2O2/c1-3-5-7-9-11-13-15-17-19-21-23(25)27-28-24(26)22-20-18-16-14-12-10-8-6-4-2;1-8(2)9-6-4-3-5-7-9;1-2/h3-22H2,1-2H3;3-8H,1-2H3;1-2H. The van der Waals surface area contributed by atoms with Gasteiger partial charge in [0.1, 0.15) is 0 Å². The summed E-state index contributed by atoms with van der Waals surface area (Å²) in [7, 11) is 0. The molecule has 0 bridgehead atoms. The van der Waals surface area contributed by atoms with E-state index in [1.807, 2.05) is 6.07 Å². The van der Waals surface area contributed by atoms with E-state index in [4.69, 9.17) is 10.5 Å².